The molecule has 26 heavy (non-hydrogen) atoms. The van der Waals surface area contributed by atoms with E-state index in [1.807, 2.05) is 24.3 Å². The lowest BCUT2D eigenvalue weighted by molar-refractivity contribution is 0.314. The molecule has 0 bridgehead atoms. The van der Waals surface area contributed by atoms with Gasteiger partial charge in [0.1, 0.15) is 5.82 Å². The predicted octanol–water partition coefficient (Wildman–Crippen LogP) is 4.44. The monoisotopic (exact) mass is 409 g/mol. The number of nitrogens with zero attached hydrogens (tertiary/aromatic N) is 2. The van der Waals surface area contributed by atoms with Gasteiger partial charge in [-0.05, 0) is 43.2 Å². The first-order chi connectivity index (χ1) is 12.4. The van der Waals surface area contributed by atoms with Crippen LogP contribution in [0.5, 0.6) is 0 Å². The topological polar surface area (TPSA) is 66.1 Å². The van der Waals surface area contributed by atoms with Gasteiger partial charge in [-0.25, -0.2) is 13.4 Å². The van der Waals surface area contributed by atoms with Gasteiger partial charge in [0.25, 0.3) is 0 Å². The second kappa shape index (κ2) is 6.85. The number of rotatable bonds is 3. The van der Waals surface area contributed by atoms with Crippen molar-refractivity contribution in [3.8, 4) is 0 Å². The molecule has 2 aromatic carbocycles. The standard InChI is InChI=1S/C18H17Cl2N3O2S/c19-14-6-5-13(11-15(14)20)26(24,25)23-9-7-12(8-10-23)18-21-16-3-1-2-4-17(16)22-18/h1-6,11-12H,7-10H2,(H,21,22). The molecule has 1 aromatic heterocycles. The number of hydrogen-bond donors (Lipinski definition) is 1. The summed E-state index contributed by atoms with van der Waals surface area (Å²) in [5.74, 6) is 1.15. The number of piperidine rings is 1. The van der Waals surface area contributed by atoms with Crippen LogP contribution in [0.15, 0.2) is 47.4 Å². The van der Waals surface area contributed by atoms with Crippen LogP contribution >= 0.6 is 23.2 Å². The second-order valence-corrected chi connectivity index (χ2v) is 9.15. The van der Waals surface area contributed by atoms with Gasteiger partial charge in [-0.2, -0.15) is 4.31 Å². The first-order valence-corrected chi connectivity index (χ1v) is 10.5. The van der Waals surface area contributed by atoms with Gasteiger partial charge in [-0.1, -0.05) is 35.3 Å². The fourth-order valence-electron chi connectivity index (χ4n) is 3.32. The van der Waals surface area contributed by atoms with Crippen LogP contribution in [0.25, 0.3) is 11.0 Å². The Morgan fingerprint density at radius 3 is 2.46 bits per heavy atom. The van der Waals surface area contributed by atoms with E-state index in [0.717, 1.165) is 29.7 Å². The quantitative estimate of drug-likeness (QED) is 0.695. The highest BCUT2D eigenvalue weighted by Gasteiger charge is 2.31. The fraction of sp³-hybridized carbons (Fsp3) is 0.278. The van der Waals surface area contributed by atoms with Crippen molar-refractivity contribution < 1.29 is 8.42 Å². The van der Waals surface area contributed by atoms with E-state index < -0.39 is 10.0 Å². The van der Waals surface area contributed by atoms with Crippen LogP contribution in [0.3, 0.4) is 0 Å². The van der Waals surface area contributed by atoms with Crippen molar-refractivity contribution in [1.29, 1.82) is 0 Å². The Morgan fingerprint density at radius 2 is 1.77 bits per heavy atom. The molecular formula is C18H17Cl2N3O2S. The van der Waals surface area contributed by atoms with Gasteiger partial charge in [0.05, 0.1) is 26.0 Å². The van der Waals surface area contributed by atoms with E-state index in [-0.39, 0.29) is 15.8 Å². The van der Waals surface area contributed by atoms with Crippen LogP contribution in [0.2, 0.25) is 10.0 Å². The van der Waals surface area contributed by atoms with Crippen LogP contribution in [0.1, 0.15) is 24.6 Å². The van der Waals surface area contributed by atoms with E-state index in [9.17, 15) is 8.42 Å². The molecule has 0 spiro atoms. The minimum atomic E-state index is -3.57. The predicted molar refractivity (Wildman–Crippen MR) is 103 cm³/mol. The largest absolute Gasteiger partial charge is 0.342 e. The second-order valence-electron chi connectivity index (χ2n) is 6.39. The van der Waals surface area contributed by atoms with Gasteiger partial charge >= 0.3 is 0 Å². The Balaban J connectivity index is 1.51. The van der Waals surface area contributed by atoms with E-state index in [2.05, 4.69) is 9.97 Å². The number of hydrogen-bond acceptors (Lipinski definition) is 3. The van der Waals surface area contributed by atoms with Crippen molar-refractivity contribution in [2.75, 3.05) is 13.1 Å². The van der Waals surface area contributed by atoms with E-state index >= 15 is 0 Å². The normalized spacial score (nSPS) is 17.0. The maximum Gasteiger partial charge on any atom is 0.243 e. The molecule has 0 amide bonds. The number of benzene rings is 2. The van der Waals surface area contributed by atoms with Gasteiger partial charge in [-0.3, -0.25) is 0 Å². The van der Waals surface area contributed by atoms with Crippen LogP contribution in [-0.4, -0.2) is 35.8 Å². The number of aromatic nitrogens is 2. The summed E-state index contributed by atoms with van der Waals surface area (Å²) in [6.07, 6.45) is 1.45. The maximum absolute atomic E-state index is 12.8. The molecule has 136 valence electrons. The lowest BCUT2D eigenvalue weighted by Gasteiger charge is -2.30. The highest BCUT2D eigenvalue weighted by Crippen LogP contribution is 2.32. The lowest BCUT2D eigenvalue weighted by Crippen LogP contribution is -2.38. The number of H-pyrrole nitrogens is 1. The number of fused-ring (bicyclic) bond motifs is 1. The summed E-state index contributed by atoms with van der Waals surface area (Å²) in [4.78, 5) is 8.18. The van der Waals surface area contributed by atoms with E-state index in [1.54, 1.807) is 0 Å². The van der Waals surface area contributed by atoms with Crippen LogP contribution in [-0.2, 0) is 10.0 Å². The van der Waals surface area contributed by atoms with Crippen molar-refractivity contribution in [2.45, 2.75) is 23.7 Å². The summed E-state index contributed by atoms with van der Waals surface area (Å²) >= 11 is 11.9. The third kappa shape index (κ3) is 3.22. The highest BCUT2D eigenvalue weighted by molar-refractivity contribution is 7.89. The lowest BCUT2D eigenvalue weighted by atomic mass is 9.97. The van der Waals surface area contributed by atoms with Crippen molar-refractivity contribution in [1.82, 2.24) is 14.3 Å². The molecule has 1 aliphatic rings. The number of para-hydroxylation sites is 2. The highest BCUT2D eigenvalue weighted by atomic mass is 35.5. The molecule has 1 N–H and O–H groups in total. The van der Waals surface area contributed by atoms with Crippen molar-refractivity contribution in [3.63, 3.8) is 0 Å². The zero-order valence-electron chi connectivity index (χ0n) is 13.8. The molecule has 0 unspecified atom stereocenters. The summed E-state index contributed by atoms with van der Waals surface area (Å²) in [5, 5.41) is 0.583. The molecule has 0 saturated carbocycles. The summed E-state index contributed by atoms with van der Waals surface area (Å²) in [7, 11) is -3.57. The fourth-order valence-corrected chi connectivity index (χ4v) is 5.18. The van der Waals surface area contributed by atoms with Crippen LogP contribution < -0.4 is 0 Å². The SMILES string of the molecule is O=S(=O)(c1ccc(Cl)c(Cl)c1)N1CCC(c2nc3ccccc3[nH]2)CC1. The maximum atomic E-state index is 12.8. The molecule has 4 rings (SSSR count). The summed E-state index contributed by atoms with van der Waals surface area (Å²) in [6.45, 7) is 0.897. The third-order valence-electron chi connectivity index (χ3n) is 4.78. The smallest absolute Gasteiger partial charge is 0.243 e. The van der Waals surface area contributed by atoms with E-state index in [4.69, 9.17) is 23.2 Å². The Bertz CT molecular complexity index is 1020. The Kier molecular flexibility index (Phi) is 4.69. The van der Waals surface area contributed by atoms with Crippen LogP contribution in [0, 0.1) is 0 Å². The van der Waals surface area contributed by atoms with Crippen molar-refractivity contribution in [2.24, 2.45) is 0 Å². The number of halogens is 2. The van der Waals surface area contributed by atoms with Gasteiger partial charge in [0.15, 0.2) is 0 Å². The number of sulfonamides is 1. The molecule has 0 radical (unpaired) electrons. The van der Waals surface area contributed by atoms with Gasteiger partial charge in [0, 0.05) is 19.0 Å². The van der Waals surface area contributed by atoms with E-state index in [0.29, 0.717) is 18.1 Å². The Morgan fingerprint density at radius 1 is 1.04 bits per heavy atom. The summed E-state index contributed by atoms with van der Waals surface area (Å²) in [6, 6.07) is 12.3. The molecular weight excluding hydrogens is 393 g/mol. The average Bonchev–Trinajstić information content (AvgIpc) is 3.08. The van der Waals surface area contributed by atoms with Crippen molar-refractivity contribution in [3.05, 3.63) is 58.3 Å². The number of nitrogens with one attached hydrogen (secondary N) is 1. The molecule has 2 heterocycles. The Labute approximate surface area is 162 Å². The van der Waals surface area contributed by atoms with Crippen molar-refractivity contribution >= 4 is 44.3 Å². The molecule has 1 aliphatic heterocycles. The Hall–Kier alpha value is -1.60. The number of imidazole rings is 1. The molecule has 8 heteroatoms. The van der Waals surface area contributed by atoms with Gasteiger partial charge in [0.2, 0.25) is 10.0 Å². The minimum absolute atomic E-state index is 0.175. The average molecular weight is 410 g/mol. The first-order valence-electron chi connectivity index (χ1n) is 8.35. The molecule has 3 aromatic rings. The van der Waals surface area contributed by atoms with Gasteiger partial charge in [-0.15, -0.1) is 0 Å². The zero-order chi connectivity index (χ0) is 18.3. The molecule has 1 saturated heterocycles. The molecule has 0 aliphatic carbocycles. The van der Waals surface area contributed by atoms with Gasteiger partial charge < -0.3 is 4.98 Å². The number of aromatic amines is 1. The molecule has 0 atom stereocenters. The third-order valence-corrected chi connectivity index (χ3v) is 7.41. The first kappa shape index (κ1) is 17.8. The zero-order valence-corrected chi connectivity index (χ0v) is 16.2. The minimum Gasteiger partial charge on any atom is -0.342 e. The van der Waals surface area contributed by atoms with Crippen LogP contribution in [0.4, 0.5) is 0 Å². The molecule has 1 fully saturated rings. The summed E-state index contributed by atoms with van der Waals surface area (Å²) < 4.78 is 27.2. The molecule has 5 nitrogen and oxygen atoms in total. The van der Waals surface area contributed by atoms with E-state index in [1.165, 1.54) is 22.5 Å². The summed E-state index contributed by atoms with van der Waals surface area (Å²) in [5.41, 5.74) is 1.95.